The number of benzene rings is 1. The van der Waals surface area contributed by atoms with Crippen molar-refractivity contribution in [2.75, 3.05) is 6.54 Å². The van der Waals surface area contributed by atoms with E-state index in [4.69, 9.17) is 17.2 Å². The van der Waals surface area contributed by atoms with Crippen LogP contribution in [0.15, 0.2) is 24.3 Å². The Bertz CT molecular complexity index is 954. The molecule has 0 radical (unpaired) electrons. The number of nitrogens with two attached hydrogens (primary N) is 3. The minimum absolute atomic E-state index is 0.00777. The van der Waals surface area contributed by atoms with Crippen molar-refractivity contribution >= 4 is 29.6 Å². The summed E-state index contributed by atoms with van der Waals surface area (Å²) >= 11 is 0. The summed E-state index contributed by atoms with van der Waals surface area (Å²) in [6.45, 7) is 4.11. The van der Waals surface area contributed by atoms with Gasteiger partial charge >= 0.3 is 5.97 Å². The van der Waals surface area contributed by atoms with Gasteiger partial charge in [-0.25, -0.2) is 4.79 Å². The Hall–Kier alpha value is -3.71. The predicted molar refractivity (Wildman–Crippen MR) is 139 cm³/mol. The van der Waals surface area contributed by atoms with E-state index in [1.54, 1.807) is 0 Å². The topological polar surface area (TPSA) is 240 Å². The maximum absolute atomic E-state index is 13.1. The van der Waals surface area contributed by atoms with Gasteiger partial charge in [-0.2, -0.15) is 0 Å². The quantitative estimate of drug-likeness (QED) is 0.112. The van der Waals surface area contributed by atoms with E-state index in [0.717, 1.165) is 0 Å². The largest absolute Gasteiger partial charge is 0.508 e. The molecule has 0 aliphatic rings. The van der Waals surface area contributed by atoms with Gasteiger partial charge in [-0.1, -0.05) is 26.0 Å². The second-order valence-corrected chi connectivity index (χ2v) is 9.58. The van der Waals surface area contributed by atoms with E-state index in [9.17, 15) is 34.2 Å². The number of primary amides is 1. The van der Waals surface area contributed by atoms with E-state index < -0.39 is 60.2 Å². The third kappa shape index (κ3) is 12.0. The maximum Gasteiger partial charge on any atom is 0.326 e. The van der Waals surface area contributed by atoms with Gasteiger partial charge in [0, 0.05) is 6.42 Å². The number of phenolic OH excluding ortho intramolecular Hbond substituents is 1. The van der Waals surface area contributed by atoms with Crippen LogP contribution in [-0.4, -0.2) is 70.5 Å². The smallest absolute Gasteiger partial charge is 0.326 e. The number of phenols is 1. The number of amides is 4. The molecule has 38 heavy (non-hydrogen) atoms. The van der Waals surface area contributed by atoms with E-state index in [2.05, 4.69) is 16.0 Å². The molecule has 0 aliphatic heterocycles. The number of carboxylic acids is 1. The molecule has 0 aromatic heterocycles. The molecule has 13 heteroatoms. The first-order valence-corrected chi connectivity index (χ1v) is 12.5. The molecule has 11 N–H and O–H groups in total. The average molecular weight is 537 g/mol. The molecule has 0 fully saturated rings. The van der Waals surface area contributed by atoms with Crippen LogP contribution < -0.4 is 33.2 Å². The summed E-state index contributed by atoms with van der Waals surface area (Å²) in [7, 11) is 0. The summed E-state index contributed by atoms with van der Waals surface area (Å²) < 4.78 is 0. The summed E-state index contributed by atoms with van der Waals surface area (Å²) in [5.41, 5.74) is 17.2. The molecule has 0 spiro atoms. The molecule has 1 aromatic rings. The standard InChI is InChI=1S/C25H40N6O7/c1-14(2)11-17(27)22(34)30-20(13-21(28)33)24(36)31-19(12-15-6-8-16(32)9-7-15)23(35)29-18(25(37)38)5-3-4-10-26/h6-9,14,17-20,32H,3-5,10-13,26-27H2,1-2H3,(H2,28,33)(H,29,35)(H,30,34)(H,31,36)(H,37,38). The van der Waals surface area contributed by atoms with Gasteiger partial charge in [-0.3, -0.25) is 19.2 Å². The Labute approximate surface area is 221 Å². The van der Waals surface area contributed by atoms with Gasteiger partial charge in [0.25, 0.3) is 0 Å². The highest BCUT2D eigenvalue weighted by atomic mass is 16.4. The number of hydrogen-bond acceptors (Lipinski definition) is 8. The second kappa shape index (κ2) is 16.2. The molecule has 0 heterocycles. The van der Waals surface area contributed by atoms with Gasteiger partial charge < -0.3 is 43.4 Å². The first kappa shape index (κ1) is 32.3. The van der Waals surface area contributed by atoms with Gasteiger partial charge in [0.2, 0.25) is 23.6 Å². The Morgan fingerprint density at radius 2 is 1.42 bits per heavy atom. The molecule has 0 bridgehead atoms. The summed E-state index contributed by atoms with van der Waals surface area (Å²) in [5.74, 6) is -4.34. The van der Waals surface area contributed by atoms with Crippen molar-refractivity contribution in [1.29, 1.82) is 0 Å². The minimum Gasteiger partial charge on any atom is -0.508 e. The fraction of sp³-hybridized carbons (Fsp3) is 0.560. The molecule has 0 saturated heterocycles. The maximum atomic E-state index is 13.1. The van der Waals surface area contributed by atoms with E-state index in [1.807, 2.05) is 13.8 Å². The first-order valence-electron chi connectivity index (χ1n) is 12.5. The molecular formula is C25H40N6O7. The summed E-state index contributed by atoms with van der Waals surface area (Å²) in [5, 5.41) is 26.4. The van der Waals surface area contributed by atoms with Crippen LogP contribution in [-0.2, 0) is 30.4 Å². The van der Waals surface area contributed by atoms with Crippen molar-refractivity contribution in [2.24, 2.45) is 23.1 Å². The Morgan fingerprint density at radius 3 is 1.95 bits per heavy atom. The van der Waals surface area contributed by atoms with Gasteiger partial charge in [-0.15, -0.1) is 0 Å². The van der Waals surface area contributed by atoms with Crippen molar-refractivity contribution < 1.29 is 34.2 Å². The number of aromatic hydroxyl groups is 1. The van der Waals surface area contributed by atoms with Crippen molar-refractivity contribution in [1.82, 2.24) is 16.0 Å². The molecule has 1 rings (SSSR count). The van der Waals surface area contributed by atoms with Crippen LogP contribution in [0.25, 0.3) is 0 Å². The monoisotopic (exact) mass is 536 g/mol. The Kier molecular flexibility index (Phi) is 13.8. The van der Waals surface area contributed by atoms with Crippen molar-refractivity contribution in [3.05, 3.63) is 29.8 Å². The molecule has 212 valence electrons. The van der Waals surface area contributed by atoms with Gasteiger partial charge in [0.15, 0.2) is 0 Å². The number of nitrogens with one attached hydrogen (secondary N) is 3. The fourth-order valence-corrected chi connectivity index (χ4v) is 3.68. The highest BCUT2D eigenvalue weighted by molar-refractivity contribution is 5.96. The number of carbonyl (C=O) groups is 5. The van der Waals surface area contributed by atoms with Crippen molar-refractivity contribution in [3.63, 3.8) is 0 Å². The molecule has 4 amide bonds. The Balaban J connectivity index is 3.14. The summed E-state index contributed by atoms with van der Waals surface area (Å²) in [6.07, 6.45) is 0.885. The zero-order valence-electron chi connectivity index (χ0n) is 21.8. The zero-order valence-corrected chi connectivity index (χ0v) is 21.8. The average Bonchev–Trinajstić information content (AvgIpc) is 2.82. The molecule has 1 aromatic carbocycles. The van der Waals surface area contributed by atoms with Crippen LogP contribution in [0.4, 0.5) is 0 Å². The van der Waals surface area contributed by atoms with Crippen LogP contribution >= 0.6 is 0 Å². The lowest BCUT2D eigenvalue weighted by molar-refractivity contribution is -0.142. The number of rotatable bonds is 17. The first-order chi connectivity index (χ1) is 17.8. The lowest BCUT2D eigenvalue weighted by Crippen LogP contribution is -2.58. The Morgan fingerprint density at radius 1 is 0.868 bits per heavy atom. The van der Waals surface area contributed by atoms with E-state index in [1.165, 1.54) is 24.3 Å². The van der Waals surface area contributed by atoms with Gasteiger partial charge in [-0.05, 0) is 55.8 Å². The number of unbranched alkanes of at least 4 members (excludes halogenated alkanes) is 1. The van der Waals surface area contributed by atoms with Crippen molar-refractivity contribution in [2.45, 2.75) is 76.5 Å². The fourth-order valence-electron chi connectivity index (χ4n) is 3.68. The van der Waals surface area contributed by atoms with Gasteiger partial charge in [0.05, 0.1) is 12.5 Å². The lowest BCUT2D eigenvalue weighted by atomic mass is 10.0. The van der Waals surface area contributed by atoms with Crippen LogP contribution in [0, 0.1) is 5.92 Å². The molecule has 0 aliphatic carbocycles. The zero-order chi connectivity index (χ0) is 28.8. The highest BCUT2D eigenvalue weighted by Crippen LogP contribution is 2.12. The second-order valence-electron chi connectivity index (χ2n) is 9.58. The third-order valence-electron chi connectivity index (χ3n) is 5.67. The van der Waals surface area contributed by atoms with Crippen LogP contribution in [0.3, 0.4) is 0 Å². The van der Waals surface area contributed by atoms with E-state index >= 15 is 0 Å². The SMILES string of the molecule is CC(C)CC(N)C(=O)NC(CC(N)=O)C(=O)NC(Cc1ccc(O)cc1)C(=O)NC(CCCCN)C(=O)O. The van der Waals surface area contributed by atoms with E-state index in [-0.39, 0.29) is 24.5 Å². The third-order valence-corrected chi connectivity index (χ3v) is 5.67. The number of aliphatic carboxylic acids is 1. The minimum atomic E-state index is -1.41. The van der Waals surface area contributed by atoms with Crippen LogP contribution in [0.1, 0.15) is 51.5 Å². The molecule has 4 unspecified atom stereocenters. The molecule has 0 saturated carbocycles. The number of hydrogen-bond donors (Lipinski definition) is 8. The van der Waals surface area contributed by atoms with Crippen molar-refractivity contribution in [3.8, 4) is 5.75 Å². The normalized spacial score (nSPS) is 14.1. The summed E-state index contributed by atoms with van der Waals surface area (Å²) in [6, 6.07) is 1.02. The predicted octanol–water partition coefficient (Wildman–Crippen LogP) is -1.15. The molecule has 13 nitrogen and oxygen atoms in total. The summed E-state index contributed by atoms with van der Waals surface area (Å²) in [4.78, 5) is 62.1. The molecular weight excluding hydrogens is 496 g/mol. The highest BCUT2D eigenvalue weighted by Gasteiger charge is 2.31. The number of carboxylic acid groups (broad SMARTS) is 1. The number of carbonyl (C=O) groups excluding carboxylic acids is 4. The lowest BCUT2D eigenvalue weighted by Gasteiger charge is -2.25. The van der Waals surface area contributed by atoms with Crippen LogP contribution in [0.2, 0.25) is 0 Å². The van der Waals surface area contributed by atoms with Gasteiger partial charge in [0.1, 0.15) is 23.9 Å². The van der Waals surface area contributed by atoms with E-state index in [0.29, 0.717) is 31.4 Å². The molecule has 4 atom stereocenters. The van der Waals surface area contributed by atoms with Crippen LogP contribution in [0.5, 0.6) is 5.75 Å².